The Hall–Kier alpha value is -5.59. The number of hydrogen-bond acceptors (Lipinski definition) is 8. The molecule has 13 heteroatoms. The summed E-state index contributed by atoms with van der Waals surface area (Å²) in [6, 6.07) is 20.9. The van der Waals surface area contributed by atoms with E-state index in [-0.39, 0.29) is 23.4 Å². The van der Waals surface area contributed by atoms with Gasteiger partial charge < -0.3 is 15.1 Å². The predicted molar refractivity (Wildman–Crippen MR) is 175 cm³/mol. The molecule has 13 nitrogen and oxygen atoms in total. The van der Waals surface area contributed by atoms with Gasteiger partial charge in [0.25, 0.3) is 11.5 Å². The number of hydrogen-bond donors (Lipinski definition) is 2. The van der Waals surface area contributed by atoms with E-state index in [2.05, 4.69) is 43.1 Å². The zero-order valence-corrected chi connectivity index (χ0v) is 26.1. The Kier molecular flexibility index (Phi) is 8.34. The number of H-pyrrole nitrogens is 1. The second kappa shape index (κ2) is 13.0. The highest BCUT2D eigenvalue weighted by Gasteiger charge is 2.39. The van der Waals surface area contributed by atoms with Crippen molar-refractivity contribution in [3.63, 3.8) is 0 Å². The number of amides is 2. The highest BCUT2D eigenvalue weighted by atomic mass is 16.2. The molecule has 1 unspecified atom stereocenters. The number of likely N-dealkylation sites (tertiary alicyclic amines) is 2. The maximum absolute atomic E-state index is 13.6. The molecule has 1 atom stereocenters. The lowest BCUT2D eigenvalue weighted by molar-refractivity contribution is -0.133. The molecule has 47 heavy (non-hydrogen) atoms. The molecular weight excluding hydrogens is 596 g/mol. The monoisotopic (exact) mass is 632 g/mol. The Morgan fingerprint density at radius 1 is 0.979 bits per heavy atom. The van der Waals surface area contributed by atoms with E-state index in [0.29, 0.717) is 56.7 Å². The van der Waals surface area contributed by atoms with Gasteiger partial charge in [0.1, 0.15) is 11.7 Å². The fourth-order valence-corrected chi connectivity index (χ4v) is 6.54. The lowest BCUT2D eigenvalue weighted by Crippen LogP contribution is -2.47. The molecule has 0 saturated carbocycles. The Morgan fingerprint density at radius 3 is 2.57 bits per heavy atom. The number of aromatic nitrogens is 7. The topological polar surface area (TPSA) is 147 Å². The number of carbonyl (C=O) groups is 2. The summed E-state index contributed by atoms with van der Waals surface area (Å²) in [6.45, 7) is 4.42. The molecule has 0 bridgehead atoms. The van der Waals surface area contributed by atoms with Crippen LogP contribution in [0.25, 0.3) is 17.1 Å². The minimum Gasteiger partial charge on any atom is -0.381 e. The highest BCUT2D eigenvalue weighted by molar-refractivity contribution is 5.95. The first-order valence-corrected chi connectivity index (χ1v) is 16.0. The number of nitrogens with one attached hydrogen (secondary N) is 2. The summed E-state index contributed by atoms with van der Waals surface area (Å²) < 4.78 is 3.29. The van der Waals surface area contributed by atoms with Gasteiger partial charge in [0.05, 0.1) is 23.7 Å². The first kappa shape index (κ1) is 30.1. The second-order valence-corrected chi connectivity index (χ2v) is 11.9. The molecule has 0 radical (unpaired) electrons. The fraction of sp³-hybridized carbons (Fsp3) is 0.324. The first-order valence-electron chi connectivity index (χ1n) is 16.0. The Bertz CT molecular complexity index is 1920. The van der Waals surface area contributed by atoms with Crippen molar-refractivity contribution in [3.05, 3.63) is 106 Å². The van der Waals surface area contributed by atoms with Crippen LogP contribution in [0.3, 0.4) is 0 Å². The van der Waals surface area contributed by atoms with E-state index in [0.717, 1.165) is 29.2 Å². The van der Waals surface area contributed by atoms with Crippen molar-refractivity contribution in [2.45, 2.75) is 51.2 Å². The van der Waals surface area contributed by atoms with Gasteiger partial charge in [-0.1, -0.05) is 54.6 Å². The molecular formula is C34H36N10O3. The van der Waals surface area contributed by atoms with Crippen LogP contribution in [0.2, 0.25) is 0 Å². The van der Waals surface area contributed by atoms with Gasteiger partial charge in [0.2, 0.25) is 5.91 Å². The van der Waals surface area contributed by atoms with Crippen molar-refractivity contribution in [1.29, 1.82) is 0 Å². The lowest BCUT2D eigenvalue weighted by atomic mass is 10.0. The quantitative estimate of drug-likeness (QED) is 0.251. The van der Waals surface area contributed by atoms with Crippen LogP contribution in [-0.4, -0.2) is 82.3 Å². The van der Waals surface area contributed by atoms with Gasteiger partial charge in [-0.3, -0.25) is 14.4 Å². The molecule has 7 rings (SSSR count). The first-order chi connectivity index (χ1) is 23.0. The van der Waals surface area contributed by atoms with Gasteiger partial charge in [0, 0.05) is 49.5 Å². The van der Waals surface area contributed by atoms with Gasteiger partial charge in [-0.05, 0) is 49.4 Å². The third kappa shape index (κ3) is 6.16. The maximum atomic E-state index is 13.6. The highest BCUT2D eigenvalue weighted by Crippen LogP contribution is 2.30. The molecule has 5 heterocycles. The summed E-state index contributed by atoms with van der Waals surface area (Å²) in [5, 5.41) is 23.1. The average molecular weight is 633 g/mol. The predicted octanol–water partition coefficient (Wildman–Crippen LogP) is 3.47. The summed E-state index contributed by atoms with van der Waals surface area (Å²) in [5.41, 5.74) is 4.79. The number of piperidine rings is 1. The molecule has 5 aromatic rings. The third-order valence-corrected chi connectivity index (χ3v) is 9.05. The van der Waals surface area contributed by atoms with Crippen molar-refractivity contribution in [3.8, 4) is 17.1 Å². The van der Waals surface area contributed by atoms with Crippen LogP contribution in [0.5, 0.6) is 0 Å². The lowest BCUT2D eigenvalue weighted by Gasteiger charge is -2.36. The minimum absolute atomic E-state index is 0.0486. The summed E-state index contributed by atoms with van der Waals surface area (Å²) >= 11 is 0. The summed E-state index contributed by atoms with van der Waals surface area (Å²) in [4.78, 5) is 42.4. The number of anilines is 1. The van der Waals surface area contributed by atoms with E-state index in [9.17, 15) is 14.4 Å². The number of rotatable bonds is 9. The van der Waals surface area contributed by atoms with E-state index < -0.39 is 6.04 Å². The minimum atomic E-state index is -0.394. The molecule has 2 aliphatic heterocycles. The molecule has 2 aliphatic rings. The van der Waals surface area contributed by atoms with Crippen LogP contribution < -0.4 is 10.9 Å². The van der Waals surface area contributed by atoms with Crippen LogP contribution in [-0.2, 0) is 17.8 Å². The van der Waals surface area contributed by atoms with E-state index in [4.69, 9.17) is 0 Å². The van der Waals surface area contributed by atoms with Crippen LogP contribution in [0.1, 0.15) is 53.8 Å². The van der Waals surface area contributed by atoms with Crippen molar-refractivity contribution < 1.29 is 9.59 Å². The van der Waals surface area contributed by atoms with Crippen LogP contribution in [0, 0.1) is 0 Å². The molecule has 2 saturated heterocycles. The molecule has 3 aromatic heterocycles. The Balaban J connectivity index is 0.962. The summed E-state index contributed by atoms with van der Waals surface area (Å²) in [5.74, 6) is 0.411. The fourth-order valence-electron chi connectivity index (χ4n) is 6.54. The van der Waals surface area contributed by atoms with E-state index >= 15 is 0 Å². The molecule has 2 N–H and O–H groups in total. The molecule has 2 amide bonds. The molecule has 240 valence electrons. The summed E-state index contributed by atoms with van der Waals surface area (Å²) in [6.07, 6.45) is 6.06. The number of nitrogens with zero attached hydrogens (tertiary/aromatic N) is 8. The number of carbonyl (C=O) groups excluding carboxylic acids is 2. The van der Waals surface area contributed by atoms with Gasteiger partial charge in [-0.25, -0.2) is 14.5 Å². The van der Waals surface area contributed by atoms with Crippen LogP contribution in [0.15, 0.2) is 83.9 Å². The molecule has 0 aliphatic carbocycles. The van der Waals surface area contributed by atoms with Gasteiger partial charge >= 0.3 is 0 Å². The molecule has 2 fully saturated rings. The SMILES string of the molecule is CCc1c(C(=O)N2CCC(N3CCC(n4cc(-c5cccc(NCc6ccccc6)c5)nn4)C3=O)CC2)cnn1-c1ccc(=O)[nH]n1. The smallest absolute Gasteiger partial charge is 0.264 e. The van der Waals surface area contributed by atoms with E-state index in [1.54, 1.807) is 21.6 Å². The molecule has 2 aromatic carbocycles. The van der Waals surface area contributed by atoms with Crippen molar-refractivity contribution >= 4 is 17.5 Å². The van der Waals surface area contributed by atoms with Gasteiger partial charge in [0.15, 0.2) is 5.82 Å². The van der Waals surface area contributed by atoms with E-state index in [1.165, 1.54) is 11.6 Å². The normalized spacial score (nSPS) is 17.0. The van der Waals surface area contributed by atoms with Crippen molar-refractivity contribution in [1.82, 2.24) is 44.8 Å². The van der Waals surface area contributed by atoms with Gasteiger partial charge in [-0.15, -0.1) is 5.10 Å². The maximum Gasteiger partial charge on any atom is 0.264 e. The Labute approximate surface area is 271 Å². The molecule has 0 spiro atoms. The van der Waals surface area contributed by atoms with Crippen molar-refractivity contribution in [2.75, 3.05) is 25.0 Å². The average Bonchev–Trinajstić information content (AvgIpc) is 3.87. The van der Waals surface area contributed by atoms with Crippen LogP contribution >= 0.6 is 0 Å². The number of benzene rings is 2. The largest absolute Gasteiger partial charge is 0.381 e. The second-order valence-electron chi connectivity index (χ2n) is 11.9. The third-order valence-electron chi connectivity index (χ3n) is 9.05. The summed E-state index contributed by atoms with van der Waals surface area (Å²) in [7, 11) is 0. The number of aromatic amines is 1. The Morgan fingerprint density at radius 2 is 1.81 bits per heavy atom. The van der Waals surface area contributed by atoms with Crippen LogP contribution in [0.4, 0.5) is 5.69 Å². The van der Waals surface area contributed by atoms with Gasteiger partial charge in [-0.2, -0.15) is 10.2 Å². The van der Waals surface area contributed by atoms with E-state index in [1.807, 2.05) is 65.4 Å². The zero-order chi connectivity index (χ0) is 32.3. The zero-order valence-electron chi connectivity index (χ0n) is 26.1. The standard InChI is InChI=1S/C34H36N10O3/c1-2-29-27(21-36-44(29)31-11-12-32(45)39-38-31)33(46)41-16-13-26(14-17-41)42-18-15-30(34(42)47)43-22-28(37-40-43)24-9-6-10-25(19-24)35-20-23-7-4-3-5-8-23/h3-12,19,21-22,26,30,35H,2,13-18,20H2,1H3,(H,39,45). The van der Waals surface area contributed by atoms with Crippen molar-refractivity contribution in [2.24, 2.45) is 0 Å².